The van der Waals surface area contributed by atoms with Crippen LogP contribution >= 0.6 is 0 Å². The van der Waals surface area contributed by atoms with E-state index in [2.05, 4.69) is 34.8 Å². The van der Waals surface area contributed by atoms with Gasteiger partial charge in [-0.1, -0.05) is 18.2 Å². The van der Waals surface area contributed by atoms with Crippen LogP contribution in [0.1, 0.15) is 29.8 Å². The first-order chi connectivity index (χ1) is 12.6. The Kier molecular flexibility index (Phi) is 5.07. The van der Waals surface area contributed by atoms with Crippen molar-refractivity contribution in [3.05, 3.63) is 59.3 Å². The number of ether oxygens (including phenoxy) is 2. The zero-order valence-corrected chi connectivity index (χ0v) is 15.4. The number of benzene rings is 1. The fourth-order valence-electron chi connectivity index (χ4n) is 3.00. The van der Waals surface area contributed by atoms with Gasteiger partial charge in [0.1, 0.15) is 0 Å². The molecule has 0 saturated heterocycles. The zero-order valence-electron chi connectivity index (χ0n) is 15.4. The lowest BCUT2D eigenvalue weighted by Crippen LogP contribution is -2.03. The van der Waals surface area contributed by atoms with Gasteiger partial charge in [0.15, 0.2) is 5.78 Å². The first-order valence-corrected chi connectivity index (χ1v) is 8.48. The molecule has 3 aromatic rings. The molecule has 0 unspecified atom stereocenters. The maximum atomic E-state index is 12.9. The van der Waals surface area contributed by atoms with E-state index in [1.807, 2.05) is 25.1 Å². The van der Waals surface area contributed by atoms with Crippen LogP contribution in [0.15, 0.2) is 48.2 Å². The lowest BCUT2D eigenvalue weighted by atomic mass is 10.0. The van der Waals surface area contributed by atoms with Crippen LogP contribution in [0.2, 0.25) is 0 Å². The highest BCUT2D eigenvalue weighted by molar-refractivity contribution is 6.12. The van der Waals surface area contributed by atoms with Gasteiger partial charge < -0.3 is 14.0 Å². The fraction of sp³-hybridized carbons (Fsp3) is 0.238. The Hall–Kier alpha value is -3.08. The van der Waals surface area contributed by atoms with Crippen molar-refractivity contribution in [2.75, 3.05) is 14.2 Å². The summed E-state index contributed by atoms with van der Waals surface area (Å²) in [7, 11) is 3.02. The Bertz CT molecular complexity index is 964. The number of hydrogen-bond acceptors (Lipinski definition) is 4. The number of aryl methyl sites for hydroxylation is 1. The molecule has 0 spiro atoms. The Morgan fingerprint density at radius 2 is 1.81 bits per heavy atom. The van der Waals surface area contributed by atoms with Crippen molar-refractivity contribution < 1.29 is 14.3 Å². The van der Waals surface area contributed by atoms with Crippen LogP contribution < -0.4 is 9.47 Å². The molecular weight excluding hydrogens is 328 g/mol. The van der Waals surface area contributed by atoms with Crippen molar-refractivity contribution in [1.29, 1.82) is 0 Å². The summed E-state index contributed by atoms with van der Waals surface area (Å²) >= 11 is 0. The van der Waals surface area contributed by atoms with Gasteiger partial charge in [0.05, 0.1) is 14.2 Å². The van der Waals surface area contributed by atoms with Crippen LogP contribution in [-0.2, 0) is 6.54 Å². The van der Waals surface area contributed by atoms with Gasteiger partial charge in [-0.25, -0.2) is 0 Å². The molecule has 3 rings (SSSR count). The van der Waals surface area contributed by atoms with Gasteiger partial charge in [0, 0.05) is 46.9 Å². The molecule has 0 radical (unpaired) electrons. The molecule has 0 aliphatic rings. The standard InChI is InChI=1S/C21H22N2O3/c1-5-23-13-16(17-8-6-7-9-18(17)23)10-14(2)21(24)15-11-19(25-3)22-20(12-15)26-4/h6-13H,5H2,1-4H3/b14-10+. The van der Waals surface area contributed by atoms with Crippen molar-refractivity contribution in [1.82, 2.24) is 9.55 Å². The van der Waals surface area contributed by atoms with E-state index in [1.54, 1.807) is 12.1 Å². The highest BCUT2D eigenvalue weighted by Crippen LogP contribution is 2.25. The number of carbonyl (C=O) groups excluding carboxylic acids is 1. The largest absolute Gasteiger partial charge is 0.481 e. The van der Waals surface area contributed by atoms with E-state index >= 15 is 0 Å². The Morgan fingerprint density at radius 1 is 1.15 bits per heavy atom. The number of para-hydroxylation sites is 1. The normalized spacial score (nSPS) is 11.6. The second-order valence-electron chi connectivity index (χ2n) is 5.98. The number of carbonyl (C=O) groups is 1. The number of pyridine rings is 1. The molecule has 1 aromatic carbocycles. The predicted octanol–water partition coefficient (Wildman–Crippen LogP) is 4.36. The quantitative estimate of drug-likeness (QED) is 0.490. The van der Waals surface area contributed by atoms with Crippen molar-refractivity contribution in [2.24, 2.45) is 0 Å². The fourth-order valence-corrected chi connectivity index (χ4v) is 3.00. The van der Waals surface area contributed by atoms with Crippen LogP contribution in [0.5, 0.6) is 11.8 Å². The molecule has 0 atom stereocenters. The van der Waals surface area contributed by atoms with Crippen LogP contribution in [0.4, 0.5) is 0 Å². The molecule has 26 heavy (non-hydrogen) atoms. The molecule has 134 valence electrons. The third-order valence-corrected chi connectivity index (χ3v) is 4.35. The van der Waals surface area contributed by atoms with Gasteiger partial charge in [-0.15, -0.1) is 0 Å². The van der Waals surface area contributed by atoms with E-state index in [-0.39, 0.29) is 5.78 Å². The lowest BCUT2D eigenvalue weighted by molar-refractivity contribution is 0.103. The van der Waals surface area contributed by atoms with E-state index in [9.17, 15) is 4.79 Å². The number of ketones is 1. The highest BCUT2D eigenvalue weighted by Gasteiger charge is 2.14. The maximum Gasteiger partial charge on any atom is 0.216 e. The van der Waals surface area contributed by atoms with Crippen LogP contribution in [0.25, 0.3) is 17.0 Å². The molecule has 5 nitrogen and oxygen atoms in total. The van der Waals surface area contributed by atoms with Crippen LogP contribution in [0.3, 0.4) is 0 Å². The zero-order chi connectivity index (χ0) is 18.7. The number of aromatic nitrogens is 2. The van der Waals surface area contributed by atoms with Crippen molar-refractivity contribution in [3.63, 3.8) is 0 Å². The van der Waals surface area contributed by atoms with E-state index in [1.165, 1.54) is 14.2 Å². The molecule has 0 N–H and O–H groups in total. The molecule has 2 aromatic heterocycles. The third-order valence-electron chi connectivity index (χ3n) is 4.35. The maximum absolute atomic E-state index is 12.9. The molecule has 0 fully saturated rings. The van der Waals surface area contributed by atoms with Gasteiger partial charge in [-0.05, 0) is 31.6 Å². The molecule has 0 aliphatic heterocycles. The highest BCUT2D eigenvalue weighted by atomic mass is 16.5. The summed E-state index contributed by atoms with van der Waals surface area (Å²) in [6.45, 7) is 4.80. The summed E-state index contributed by atoms with van der Waals surface area (Å²) in [6, 6.07) is 11.4. The van der Waals surface area contributed by atoms with Gasteiger partial charge in [0.25, 0.3) is 0 Å². The Labute approximate surface area is 152 Å². The molecule has 0 aliphatic carbocycles. The number of rotatable bonds is 6. The van der Waals surface area contributed by atoms with Gasteiger partial charge in [0.2, 0.25) is 11.8 Å². The van der Waals surface area contributed by atoms with Crippen molar-refractivity contribution in [3.8, 4) is 11.8 Å². The summed E-state index contributed by atoms with van der Waals surface area (Å²) < 4.78 is 12.5. The van der Waals surface area contributed by atoms with Crippen molar-refractivity contribution in [2.45, 2.75) is 20.4 Å². The minimum atomic E-state index is -0.0858. The minimum absolute atomic E-state index is 0.0858. The topological polar surface area (TPSA) is 53.4 Å². The van der Waals surface area contributed by atoms with E-state index in [4.69, 9.17) is 9.47 Å². The molecule has 0 amide bonds. The molecule has 5 heteroatoms. The number of allylic oxidation sites excluding steroid dienone is 1. The van der Waals surface area contributed by atoms with Gasteiger partial charge in [-0.3, -0.25) is 4.79 Å². The molecule has 0 saturated carbocycles. The van der Waals surface area contributed by atoms with E-state index in [0.717, 1.165) is 23.0 Å². The average molecular weight is 350 g/mol. The number of fused-ring (bicyclic) bond motifs is 1. The minimum Gasteiger partial charge on any atom is -0.481 e. The first kappa shape index (κ1) is 17.7. The Balaban J connectivity index is 2.02. The van der Waals surface area contributed by atoms with Gasteiger partial charge >= 0.3 is 0 Å². The first-order valence-electron chi connectivity index (χ1n) is 8.48. The number of methoxy groups -OCH3 is 2. The van der Waals surface area contributed by atoms with Gasteiger partial charge in [-0.2, -0.15) is 4.98 Å². The van der Waals surface area contributed by atoms with Crippen LogP contribution in [-0.4, -0.2) is 29.6 Å². The van der Waals surface area contributed by atoms with E-state index in [0.29, 0.717) is 22.9 Å². The average Bonchev–Trinajstić information content (AvgIpc) is 3.04. The van der Waals surface area contributed by atoms with E-state index < -0.39 is 0 Å². The molecular formula is C21H22N2O3. The lowest BCUT2D eigenvalue weighted by Gasteiger charge is -2.07. The summed E-state index contributed by atoms with van der Waals surface area (Å²) in [5.41, 5.74) is 3.32. The number of nitrogens with zero attached hydrogens (tertiary/aromatic N) is 2. The number of hydrogen-bond donors (Lipinski definition) is 0. The third kappa shape index (κ3) is 3.33. The summed E-state index contributed by atoms with van der Waals surface area (Å²) in [5, 5.41) is 1.13. The predicted molar refractivity (Wildman–Crippen MR) is 103 cm³/mol. The SMILES string of the molecule is CCn1cc(/C=C(\C)C(=O)c2cc(OC)nc(OC)c2)c2ccccc21. The smallest absolute Gasteiger partial charge is 0.216 e. The monoisotopic (exact) mass is 350 g/mol. The second-order valence-corrected chi connectivity index (χ2v) is 5.98. The molecule has 0 bridgehead atoms. The summed E-state index contributed by atoms with van der Waals surface area (Å²) in [4.78, 5) is 17.0. The Morgan fingerprint density at radius 3 is 2.42 bits per heavy atom. The van der Waals surface area contributed by atoms with Crippen molar-refractivity contribution >= 4 is 22.8 Å². The molecule has 2 heterocycles. The summed E-state index contributed by atoms with van der Waals surface area (Å²) in [5.74, 6) is 0.614. The summed E-state index contributed by atoms with van der Waals surface area (Å²) in [6.07, 6.45) is 4.01. The van der Waals surface area contributed by atoms with Crippen LogP contribution in [0, 0.1) is 0 Å². The number of Topliss-reactive ketones (excluding diaryl/α,β-unsaturated/α-hetero) is 1. The second kappa shape index (κ2) is 7.44.